The molecule has 1 aromatic carbocycles. The summed E-state index contributed by atoms with van der Waals surface area (Å²) in [5.74, 6) is -1.15. The zero-order chi connectivity index (χ0) is 14.8. The largest absolute Gasteiger partial charge is 0.478 e. The summed E-state index contributed by atoms with van der Waals surface area (Å²) in [6.07, 6.45) is 3.17. The third-order valence-electron chi connectivity index (χ3n) is 3.94. The van der Waals surface area contributed by atoms with Crippen LogP contribution in [0.3, 0.4) is 0 Å². The van der Waals surface area contributed by atoms with Gasteiger partial charge in [0, 0.05) is 12.8 Å². The fourth-order valence-corrected chi connectivity index (χ4v) is 2.40. The molecule has 1 aliphatic rings. The van der Waals surface area contributed by atoms with Gasteiger partial charge < -0.3 is 15.2 Å². The van der Waals surface area contributed by atoms with Crippen LogP contribution < -0.4 is 5.32 Å². The van der Waals surface area contributed by atoms with Gasteiger partial charge in [-0.25, -0.2) is 4.79 Å². The molecule has 0 radical (unpaired) electrons. The number of benzene rings is 1. The van der Waals surface area contributed by atoms with Gasteiger partial charge >= 0.3 is 5.97 Å². The molecular formula is C15H19NO4. The fourth-order valence-electron chi connectivity index (χ4n) is 2.40. The van der Waals surface area contributed by atoms with Gasteiger partial charge in [-0.3, -0.25) is 4.79 Å². The number of aromatic carboxylic acids is 1. The van der Waals surface area contributed by atoms with Gasteiger partial charge in [0.2, 0.25) is 5.91 Å². The van der Waals surface area contributed by atoms with Gasteiger partial charge in [-0.05, 0) is 43.9 Å². The Labute approximate surface area is 117 Å². The van der Waals surface area contributed by atoms with Crippen molar-refractivity contribution in [3.05, 3.63) is 29.3 Å². The van der Waals surface area contributed by atoms with E-state index in [1.807, 2.05) is 6.92 Å². The number of hydrogen-bond donors (Lipinski definition) is 2. The Morgan fingerprint density at radius 1 is 1.40 bits per heavy atom. The van der Waals surface area contributed by atoms with E-state index in [1.54, 1.807) is 13.2 Å². The summed E-state index contributed by atoms with van der Waals surface area (Å²) in [5.41, 5.74) is 1.21. The van der Waals surface area contributed by atoms with Crippen LogP contribution in [-0.4, -0.2) is 29.7 Å². The van der Waals surface area contributed by atoms with E-state index in [-0.39, 0.29) is 17.1 Å². The van der Waals surface area contributed by atoms with Crippen molar-refractivity contribution in [2.24, 2.45) is 0 Å². The minimum absolute atomic E-state index is 0.141. The molecule has 2 N–H and O–H groups in total. The second-order valence-electron chi connectivity index (χ2n) is 5.30. The van der Waals surface area contributed by atoms with E-state index in [0.717, 1.165) is 24.8 Å². The van der Waals surface area contributed by atoms with E-state index >= 15 is 0 Å². The molecule has 5 nitrogen and oxygen atoms in total. The summed E-state index contributed by atoms with van der Waals surface area (Å²) in [5, 5.41) is 11.8. The number of hydrogen-bond acceptors (Lipinski definition) is 3. The molecule has 1 aliphatic carbocycles. The van der Waals surface area contributed by atoms with Crippen LogP contribution in [0.1, 0.15) is 41.6 Å². The standard InChI is InChI=1S/C15H19NO4/c1-10-4-5-11(14(18)19)8-12(10)16-13(17)9-15(20-2)6-3-7-15/h4-5,8H,3,6-7,9H2,1-2H3,(H,16,17)(H,18,19). The Balaban J connectivity index is 2.07. The summed E-state index contributed by atoms with van der Waals surface area (Å²) >= 11 is 0. The topological polar surface area (TPSA) is 75.6 Å². The summed E-state index contributed by atoms with van der Waals surface area (Å²) in [6.45, 7) is 1.83. The highest BCUT2D eigenvalue weighted by Gasteiger charge is 2.39. The van der Waals surface area contributed by atoms with Crippen LogP contribution in [0.15, 0.2) is 18.2 Å². The number of rotatable bonds is 5. The maximum Gasteiger partial charge on any atom is 0.335 e. The van der Waals surface area contributed by atoms with Gasteiger partial charge in [0.1, 0.15) is 0 Å². The summed E-state index contributed by atoms with van der Waals surface area (Å²) in [7, 11) is 1.63. The Morgan fingerprint density at radius 3 is 2.60 bits per heavy atom. The third kappa shape index (κ3) is 2.99. The van der Waals surface area contributed by atoms with Crippen LogP contribution in [0.2, 0.25) is 0 Å². The van der Waals surface area contributed by atoms with Crippen LogP contribution in [-0.2, 0) is 9.53 Å². The molecule has 1 saturated carbocycles. The molecule has 1 amide bonds. The number of carbonyl (C=O) groups excluding carboxylic acids is 1. The second-order valence-corrected chi connectivity index (χ2v) is 5.30. The van der Waals surface area contributed by atoms with Crippen LogP contribution in [0.5, 0.6) is 0 Å². The van der Waals surface area contributed by atoms with Gasteiger partial charge in [-0.1, -0.05) is 6.07 Å². The third-order valence-corrected chi connectivity index (χ3v) is 3.94. The van der Waals surface area contributed by atoms with Crippen LogP contribution in [0.25, 0.3) is 0 Å². The Hall–Kier alpha value is -1.88. The molecule has 0 aromatic heterocycles. The summed E-state index contributed by atoms with van der Waals surface area (Å²) in [4.78, 5) is 23.0. The highest BCUT2D eigenvalue weighted by molar-refractivity contribution is 5.95. The average Bonchev–Trinajstić information content (AvgIpc) is 2.36. The Morgan fingerprint density at radius 2 is 2.10 bits per heavy atom. The first-order chi connectivity index (χ1) is 9.46. The molecule has 1 aromatic rings. The van der Waals surface area contributed by atoms with Gasteiger partial charge in [0.15, 0.2) is 0 Å². The number of methoxy groups -OCH3 is 1. The lowest BCUT2D eigenvalue weighted by Gasteiger charge is -2.39. The van der Waals surface area contributed by atoms with E-state index in [2.05, 4.69) is 5.32 Å². The van der Waals surface area contributed by atoms with Crippen molar-refractivity contribution in [3.63, 3.8) is 0 Å². The highest BCUT2D eigenvalue weighted by Crippen LogP contribution is 2.38. The van der Waals surface area contributed by atoms with Crippen molar-refractivity contribution in [1.82, 2.24) is 0 Å². The van der Waals surface area contributed by atoms with Gasteiger partial charge in [0.25, 0.3) is 0 Å². The van der Waals surface area contributed by atoms with Crippen LogP contribution in [0, 0.1) is 6.92 Å². The van der Waals surface area contributed by atoms with Crippen molar-refractivity contribution in [2.75, 3.05) is 12.4 Å². The molecule has 0 aliphatic heterocycles. The zero-order valence-corrected chi connectivity index (χ0v) is 11.7. The van der Waals surface area contributed by atoms with E-state index in [4.69, 9.17) is 9.84 Å². The summed E-state index contributed by atoms with van der Waals surface area (Å²) < 4.78 is 5.42. The lowest BCUT2D eigenvalue weighted by atomic mass is 9.77. The van der Waals surface area contributed by atoms with Gasteiger partial charge in [-0.15, -0.1) is 0 Å². The monoisotopic (exact) mass is 277 g/mol. The van der Waals surface area contributed by atoms with E-state index in [9.17, 15) is 9.59 Å². The SMILES string of the molecule is COC1(CC(=O)Nc2cc(C(=O)O)ccc2C)CCC1. The average molecular weight is 277 g/mol. The minimum Gasteiger partial charge on any atom is -0.478 e. The Kier molecular flexibility index (Phi) is 4.09. The number of ether oxygens (including phenoxy) is 1. The number of anilines is 1. The predicted octanol–water partition coefficient (Wildman–Crippen LogP) is 2.59. The number of aryl methyl sites for hydroxylation is 1. The van der Waals surface area contributed by atoms with Crippen LogP contribution in [0.4, 0.5) is 5.69 Å². The molecule has 0 unspecified atom stereocenters. The normalized spacial score (nSPS) is 16.3. The summed E-state index contributed by atoms with van der Waals surface area (Å²) in [6, 6.07) is 4.69. The van der Waals surface area contributed by atoms with Crippen molar-refractivity contribution in [3.8, 4) is 0 Å². The number of carboxylic acids is 1. The molecule has 5 heteroatoms. The second kappa shape index (κ2) is 5.63. The van der Waals surface area contributed by atoms with Gasteiger partial charge in [-0.2, -0.15) is 0 Å². The molecule has 0 heterocycles. The lowest BCUT2D eigenvalue weighted by molar-refractivity contribution is -0.129. The fraction of sp³-hybridized carbons (Fsp3) is 0.467. The molecule has 20 heavy (non-hydrogen) atoms. The molecular weight excluding hydrogens is 258 g/mol. The quantitative estimate of drug-likeness (QED) is 0.867. The van der Waals surface area contributed by atoms with Crippen molar-refractivity contribution < 1.29 is 19.4 Å². The first-order valence-corrected chi connectivity index (χ1v) is 6.65. The van der Waals surface area contributed by atoms with Crippen molar-refractivity contribution >= 4 is 17.6 Å². The van der Waals surface area contributed by atoms with E-state index < -0.39 is 5.97 Å². The molecule has 2 rings (SSSR count). The first kappa shape index (κ1) is 14.5. The molecule has 0 bridgehead atoms. The smallest absolute Gasteiger partial charge is 0.335 e. The number of carboxylic acid groups (broad SMARTS) is 1. The molecule has 0 saturated heterocycles. The maximum absolute atomic E-state index is 12.1. The number of nitrogens with one attached hydrogen (secondary N) is 1. The molecule has 0 spiro atoms. The zero-order valence-electron chi connectivity index (χ0n) is 11.7. The lowest BCUT2D eigenvalue weighted by Crippen LogP contribution is -2.42. The minimum atomic E-state index is -1.01. The van der Waals surface area contributed by atoms with Gasteiger partial charge in [0.05, 0.1) is 17.6 Å². The Bertz CT molecular complexity index is 529. The maximum atomic E-state index is 12.1. The van der Waals surface area contributed by atoms with Crippen LogP contribution >= 0.6 is 0 Å². The highest BCUT2D eigenvalue weighted by atomic mass is 16.5. The predicted molar refractivity (Wildman–Crippen MR) is 75.0 cm³/mol. The van der Waals surface area contributed by atoms with Crippen molar-refractivity contribution in [1.29, 1.82) is 0 Å². The van der Waals surface area contributed by atoms with E-state index in [1.165, 1.54) is 12.1 Å². The molecule has 108 valence electrons. The first-order valence-electron chi connectivity index (χ1n) is 6.65. The molecule has 1 fully saturated rings. The number of carbonyl (C=O) groups is 2. The molecule has 0 atom stereocenters. The van der Waals surface area contributed by atoms with E-state index in [0.29, 0.717) is 12.1 Å². The number of amides is 1. The van der Waals surface area contributed by atoms with Crippen molar-refractivity contribution in [2.45, 2.75) is 38.2 Å².